The van der Waals surface area contributed by atoms with Crippen molar-refractivity contribution in [3.8, 4) is 5.75 Å². The van der Waals surface area contributed by atoms with Gasteiger partial charge in [0.2, 0.25) is 9.70 Å². The van der Waals surface area contributed by atoms with Gasteiger partial charge in [-0.3, -0.25) is 4.79 Å². The minimum Gasteiger partial charge on any atom is -0.495 e. The van der Waals surface area contributed by atoms with Crippen molar-refractivity contribution in [2.75, 3.05) is 12.4 Å². The van der Waals surface area contributed by atoms with Crippen LogP contribution in [0.3, 0.4) is 0 Å². The molecule has 1 amide bonds. The number of alkyl halides is 3. The Hall–Kier alpha value is -0.950. The highest BCUT2D eigenvalue weighted by Gasteiger charge is 2.34. The van der Waals surface area contributed by atoms with E-state index in [2.05, 4.69) is 16.0 Å². The highest BCUT2D eigenvalue weighted by atomic mass is 35.6. The summed E-state index contributed by atoms with van der Waals surface area (Å²) < 4.78 is 3.46. The lowest BCUT2D eigenvalue weighted by Crippen LogP contribution is -2.56. The highest BCUT2D eigenvalue weighted by Crippen LogP contribution is 2.29. The van der Waals surface area contributed by atoms with Crippen LogP contribution in [0.5, 0.6) is 5.75 Å². The number of ether oxygens (including phenoxy) is 1. The number of hydrogen-bond donors (Lipinski definition) is 3. The molecule has 0 fully saturated rings. The summed E-state index contributed by atoms with van der Waals surface area (Å²) >= 11 is 23.0. The predicted octanol–water partition coefficient (Wildman–Crippen LogP) is 3.98. The van der Waals surface area contributed by atoms with Crippen molar-refractivity contribution in [2.24, 2.45) is 0 Å². The maximum Gasteiger partial charge on any atom is 0.228 e. The Balaban J connectivity index is 2.72. The molecule has 1 aromatic carbocycles. The number of benzene rings is 1. The number of halogens is 3. The van der Waals surface area contributed by atoms with Crippen LogP contribution in [0.1, 0.15) is 26.2 Å². The van der Waals surface area contributed by atoms with Crippen LogP contribution in [0.4, 0.5) is 5.69 Å². The van der Waals surface area contributed by atoms with Gasteiger partial charge in [-0.1, -0.05) is 60.3 Å². The molecule has 0 aliphatic carbocycles. The Kier molecular flexibility index (Phi) is 8.91. The number of carbonyl (C=O) groups excluding carboxylic acids is 1. The van der Waals surface area contributed by atoms with E-state index in [1.165, 1.54) is 0 Å². The number of unbranched alkanes of at least 4 members (excludes halogenated alkanes) is 1. The highest BCUT2D eigenvalue weighted by molar-refractivity contribution is 7.80. The molecular formula is C15H20Cl3N3O2S. The first-order chi connectivity index (χ1) is 11.3. The van der Waals surface area contributed by atoms with Crippen LogP contribution < -0.4 is 20.7 Å². The molecule has 5 nitrogen and oxygen atoms in total. The van der Waals surface area contributed by atoms with Crippen molar-refractivity contribution < 1.29 is 9.53 Å². The molecule has 0 aromatic heterocycles. The Morgan fingerprint density at radius 3 is 2.54 bits per heavy atom. The van der Waals surface area contributed by atoms with E-state index in [4.69, 9.17) is 51.8 Å². The van der Waals surface area contributed by atoms with E-state index in [1.54, 1.807) is 19.2 Å². The van der Waals surface area contributed by atoms with Crippen LogP contribution in [0.15, 0.2) is 24.3 Å². The Bertz CT molecular complexity index is 567. The standard InChI is InChI=1S/C15H20Cl3N3O2S/c1-3-4-9-12(22)20-13(15(16,17)18)21-14(24)19-10-7-5-6-8-11(10)23-2/h5-8,13H,3-4,9H2,1-2H3,(H,20,22)(H2,19,21,24). The minimum atomic E-state index is -1.77. The van der Waals surface area contributed by atoms with Gasteiger partial charge in [0.15, 0.2) is 5.11 Å². The van der Waals surface area contributed by atoms with Gasteiger partial charge in [-0.15, -0.1) is 0 Å². The first-order valence-electron chi connectivity index (χ1n) is 7.34. The molecule has 3 N–H and O–H groups in total. The van der Waals surface area contributed by atoms with Crippen molar-refractivity contribution >= 4 is 63.7 Å². The summed E-state index contributed by atoms with van der Waals surface area (Å²) in [7, 11) is 1.55. The molecule has 0 heterocycles. The van der Waals surface area contributed by atoms with Gasteiger partial charge in [-0.25, -0.2) is 0 Å². The van der Waals surface area contributed by atoms with E-state index in [0.717, 1.165) is 12.8 Å². The number of nitrogens with one attached hydrogen (secondary N) is 3. The molecule has 0 spiro atoms. The molecule has 1 unspecified atom stereocenters. The molecule has 134 valence electrons. The third-order valence-corrected chi connectivity index (χ3v) is 3.90. The van der Waals surface area contributed by atoms with Gasteiger partial charge in [-0.05, 0) is 30.8 Å². The lowest BCUT2D eigenvalue weighted by Gasteiger charge is -2.28. The summed E-state index contributed by atoms with van der Waals surface area (Å²) in [6.07, 6.45) is 1.03. The van der Waals surface area contributed by atoms with Crippen LogP contribution in [0.25, 0.3) is 0 Å². The average molecular weight is 413 g/mol. The number of hydrogen-bond acceptors (Lipinski definition) is 3. The second-order valence-corrected chi connectivity index (χ2v) is 7.72. The smallest absolute Gasteiger partial charge is 0.228 e. The zero-order chi connectivity index (χ0) is 18.2. The molecule has 0 radical (unpaired) electrons. The van der Waals surface area contributed by atoms with Gasteiger partial charge in [0.25, 0.3) is 0 Å². The molecule has 1 atom stereocenters. The molecule has 0 aliphatic heterocycles. The zero-order valence-corrected chi connectivity index (χ0v) is 16.5. The summed E-state index contributed by atoms with van der Waals surface area (Å²) in [5, 5.41) is 8.57. The summed E-state index contributed by atoms with van der Waals surface area (Å²) in [6, 6.07) is 7.23. The number of para-hydroxylation sites is 2. The topological polar surface area (TPSA) is 62.4 Å². The van der Waals surface area contributed by atoms with Crippen LogP contribution in [-0.4, -0.2) is 28.1 Å². The fourth-order valence-electron chi connectivity index (χ4n) is 1.81. The molecule has 0 bridgehead atoms. The normalized spacial score (nSPS) is 12.2. The van der Waals surface area contributed by atoms with Crippen molar-refractivity contribution in [1.82, 2.24) is 10.6 Å². The lowest BCUT2D eigenvalue weighted by atomic mass is 10.2. The van der Waals surface area contributed by atoms with E-state index in [0.29, 0.717) is 17.9 Å². The number of carbonyl (C=O) groups is 1. The third-order valence-electron chi connectivity index (χ3n) is 3.02. The molecule has 9 heteroatoms. The molecular weight excluding hydrogens is 393 g/mol. The Morgan fingerprint density at radius 2 is 1.96 bits per heavy atom. The maximum atomic E-state index is 11.9. The number of amides is 1. The first kappa shape index (κ1) is 21.1. The minimum absolute atomic E-state index is 0.187. The summed E-state index contributed by atoms with van der Waals surface area (Å²) in [5.74, 6) is 0.389. The van der Waals surface area contributed by atoms with E-state index in [-0.39, 0.29) is 11.0 Å². The monoisotopic (exact) mass is 411 g/mol. The Labute approximate surface area is 162 Å². The largest absolute Gasteiger partial charge is 0.495 e. The number of anilines is 1. The quantitative estimate of drug-likeness (QED) is 0.359. The second kappa shape index (κ2) is 10.1. The molecule has 1 rings (SSSR count). The zero-order valence-electron chi connectivity index (χ0n) is 13.4. The molecule has 24 heavy (non-hydrogen) atoms. The van der Waals surface area contributed by atoms with Gasteiger partial charge >= 0.3 is 0 Å². The van der Waals surface area contributed by atoms with E-state index in [9.17, 15) is 4.79 Å². The van der Waals surface area contributed by atoms with Gasteiger partial charge in [-0.2, -0.15) is 0 Å². The predicted molar refractivity (Wildman–Crippen MR) is 104 cm³/mol. The van der Waals surface area contributed by atoms with Gasteiger partial charge in [0, 0.05) is 6.42 Å². The van der Waals surface area contributed by atoms with Crippen LogP contribution >= 0.6 is 47.0 Å². The van der Waals surface area contributed by atoms with Gasteiger partial charge < -0.3 is 20.7 Å². The second-order valence-electron chi connectivity index (χ2n) is 4.94. The lowest BCUT2D eigenvalue weighted by molar-refractivity contribution is -0.122. The van der Waals surface area contributed by atoms with Crippen LogP contribution in [-0.2, 0) is 4.79 Å². The van der Waals surface area contributed by atoms with Crippen LogP contribution in [0.2, 0.25) is 0 Å². The molecule has 0 saturated carbocycles. The SMILES string of the molecule is CCCCC(=O)NC(NC(=S)Nc1ccccc1OC)C(Cl)(Cl)Cl. The summed E-state index contributed by atoms with van der Waals surface area (Å²) in [5.41, 5.74) is 0.651. The fourth-order valence-corrected chi connectivity index (χ4v) is 2.36. The van der Waals surface area contributed by atoms with Crippen molar-refractivity contribution in [2.45, 2.75) is 36.1 Å². The van der Waals surface area contributed by atoms with Crippen molar-refractivity contribution in [1.29, 1.82) is 0 Å². The van der Waals surface area contributed by atoms with E-state index < -0.39 is 9.96 Å². The number of rotatable bonds is 7. The third kappa shape index (κ3) is 7.30. The molecule has 0 saturated heterocycles. The van der Waals surface area contributed by atoms with Gasteiger partial charge in [0.1, 0.15) is 11.9 Å². The van der Waals surface area contributed by atoms with E-state index in [1.807, 2.05) is 19.1 Å². The molecule has 0 aliphatic rings. The van der Waals surface area contributed by atoms with E-state index >= 15 is 0 Å². The fraction of sp³-hybridized carbons (Fsp3) is 0.467. The maximum absolute atomic E-state index is 11.9. The Morgan fingerprint density at radius 1 is 1.29 bits per heavy atom. The molecule has 1 aromatic rings. The van der Waals surface area contributed by atoms with Gasteiger partial charge in [0.05, 0.1) is 12.8 Å². The van der Waals surface area contributed by atoms with Crippen LogP contribution in [0, 0.1) is 0 Å². The summed E-state index contributed by atoms with van der Waals surface area (Å²) in [4.78, 5) is 11.9. The van der Waals surface area contributed by atoms with Crippen molar-refractivity contribution in [3.63, 3.8) is 0 Å². The number of methoxy groups -OCH3 is 1. The summed E-state index contributed by atoms with van der Waals surface area (Å²) in [6.45, 7) is 1.99. The number of thiocarbonyl (C=S) groups is 1. The average Bonchev–Trinajstić information content (AvgIpc) is 2.52. The first-order valence-corrected chi connectivity index (χ1v) is 8.88. The van der Waals surface area contributed by atoms with Crippen molar-refractivity contribution in [3.05, 3.63) is 24.3 Å².